The van der Waals surface area contributed by atoms with Crippen LogP contribution in [0.4, 0.5) is 5.95 Å². The Labute approximate surface area is 231 Å². The largest absolute Gasteiger partial charge is 0.381 e. The normalized spacial score (nSPS) is 14.8. The molecule has 0 saturated carbocycles. The third kappa shape index (κ3) is 4.83. The fourth-order valence-corrected chi connectivity index (χ4v) is 5.23. The molecule has 3 aromatic heterocycles. The molecule has 40 heavy (non-hydrogen) atoms. The number of carbonyl (C=O) groups excluding carboxylic acids is 2. The van der Waals surface area contributed by atoms with Gasteiger partial charge in [0.15, 0.2) is 5.65 Å². The van der Waals surface area contributed by atoms with E-state index in [-0.39, 0.29) is 36.5 Å². The highest BCUT2D eigenvalue weighted by Gasteiger charge is 2.32. The number of nitrogens with one attached hydrogen (secondary N) is 2. The van der Waals surface area contributed by atoms with E-state index in [9.17, 15) is 9.59 Å². The summed E-state index contributed by atoms with van der Waals surface area (Å²) in [5.41, 5.74) is 6.24. The topological polar surface area (TPSA) is 117 Å². The highest BCUT2D eigenvalue weighted by atomic mass is 16.3. The summed E-state index contributed by atoms with van der Waals surface area (Å²) >= 11 is 0. The summed E-state index contributed by atoms with van der Waals surface area (Å²) < 4.78 is 3.58. The van der Waals surface area contributed by atoms with Gasteiger partial charge in [0.1, 0.15) is 0 Å². The Morgan fingerprint density at radius 3 is 2.67 bits per heavy atom. The van der Waals surface area contributed by atoms with Gasteiger partial charge in [0.05, 0.1) is 24.3 Å². The van der Waals surface area contributed by atoms with Crippen molar-refractivity contribution in [1.29, 1.82) is 0 Å². The van der Waals surface area contributed by atoms with E-state index < -0.39 is 0 Å². The molecule has 1 fully saturated rings. The van der Waals surface area contributed by atoms with Crippen LogP contribution in [-0.2, 0) is 11.8 Å². The van der Waals surface area contributed by atoms with Gasteiger partial charge in [-0.15, -0.1) is 5.10 Å². The van der Waals surface area contributed by atoms with Gasteiger partial charge < -0.3 is 15.0 Å². The summed E-state index contributed by atoms with van der Waals surface area (Å²) in [7, 11) is 1.94. The number of amides is 2. The molecule has 10 heteroatoms. The molecule has 3 N–H and O–H groups in total. The van der Waals surface area contributed by atoms with Gasteiger partial charge in [-0.2, -0.15) is 4.98 Å². The molecule has 10 nitrogen and oxygen atoms in total. The van der Waals surface area contributed by atoms with E-state index in [1.54, 1.807) is 15.6 Å². The number of aliphatic hydroxyl groups is 1. The third-order valence-electron chi connectivity index (χ3n) is 7.56. The number of hydrogen-bond donors (Lipinski definition) is 3. The first-order chi connectivity index (χ1) is 19.3. The average Bonchev–Trinajstić information content (AvgIpc) is 3.47. The van der Waals surface area contributed by atoms with Crippen LogP contribution in [0.3, 0.4) is 0 Å². The van der Waals surface area contributed by atoms with Gasteiger partial charge in [-0.25, -0.2) is 4.52 Å². The number of anilines is 1. The van der Waals surface area contributed by atoms with Gasteiger partial charge in [-0.3, -0.25) is 19.8 Å². The number of benzene rings is 2. The van der Waals surface area contributed by atoms with E-state index in [1.807, 2.05) is 80.2 Å². The first-order valence-electron chi connectivity index (χ1n) is 13.3. The molecule has 0 aliphatic carbocycles. The van der Waals surface area contributed by atoms with Crippen LogP contribution >= 0.6 is 0 Å². The molecule has 2 amide bonds. The lowest BCUT2D eigenvalue weighted by molar-refractivity contribution is -0.126. The minimum Gasteiger partial charge on any atom is -0.381 e. The van der Waals surface area contributed by atoms with Gasteiger partial charge in [0.25, 0.3) is 5.91 Å². The SMILES string of the molecule is Cc1cccc([C@H](C)NC(=O)c2cn(C)c3ccc(-c4ccn5nc(NC(=O)C6CN(CO)C6)nc5c4)cc23)c1. The van der Waals surface area contributed by atoms with Gasteiger partial charge in [-0.1, -0.05) is 35.9 Å². The molecule has 0 radical (unpaired) electrons. The molecule has 6 rings (SSSR count). The van der Waals surface area contributed by atoms with Gasteiger partial charge in [0.2, 0.25) is 11.9 Å². The van der Waals surface area contributed by atoms with Crippen LogP contribution in [0.2, 0.25) is 0 Å². The summed E-state index contributed by atoms with van der Waals surface area (Å²) in [5.74, 6) is -0.223. The van der Waals surface area contributed by atoms with Crippen LogP contribution in [0.1, 0.15) is 34.5 Å². The van der Waals surface area contributed by atoms with Crippen molar-refractivity contribution in [3.63, 3.8) is 0 Å². The van der Waals surface area contributed by atoms with E-state index in [4.69, 9.17) is 5.11 Å². The van der Waals surface area contributed by atoms with Crippen molar-refractivity contribution in [3.05, 3.63) is 83.7 Å². The Balaban J connectivity index is 1.24. The Kier molecular flexibility index (Phi) is 6.57. The highest BCUT2D eigenvalue weighted by Crippen LogP contribution is 2.29. The zero-order chi connectivity index (χ0) is 28.0. The molecular weight excluding hydrogens is 506 g/mol. The second-order valence-corrected chi connectivity index (χ2v) is 10.5. The lowest BCUT2D eigenvalue weighted by Gasteiger charge is -2.36. The number of pyridine rings is 1. The van der Waals surface area contributed by atoms with Crippen LogP contribution < -0.4 is 10.6 Å². The summed E-state index contributed by atoms with van der Waals surface area (Å²) in [6.07, 6.45) is 3.67. The number of aromatic nitrogens is 4. The quantitative estimate of drug-likeness (QED) is 0.293. The third-order valence-corrected chi connectivity index (χ3v) is 7.56. The summed E-state index contributed by atoms with van der Waals surface area (Å²) in [6, 6.07) is 17.9. The van der Waals surface area contributed by atoms with Crippen LogP contribution in [0, 0.1) is 12.8 Å². The number of aryl methyl sites for hydroxylation is 2. The molecular formula is C30H31N7O3. The average molecular weight is 538 g/mol. The number of fused-ring (bicyclic) bond motifs is 2. The zero-order valence-corrected chi connectivity index (χ0v) is 22.6. The minimum atomic E-state index is -0.182. The predicted molar refractivity (Wildman–Crippen MR) is 153 cm³/mol. The van der Waals surface area contributed by atoms with E-state index >= 15 is 0 Å². The first-order valence-corrected chi connectivity index (χ1v) is 13.3. The monoisotopic (exact) mass is 537 g/mol. The molecule has 1 atom stereocenters. The summed E-state index contributed by atoms with van der Waals surface area (Å²) in [5, 5.41) is 20.3. The van der Waals surface area contributed by atoms with Gasteiger partial charge in [0, 0.05) is 43.4 Å². The fourth-order valence-electron chi connectivity index (χ4n) is 5.23. The van der Waals surface area contributed by atoms with E-state index in [0.29, 0.717) is 24.3 Å². The number of nitrogens with zero attached hydrogens (tertiary/aromatic N) is 5. The second-order valence-electron chi connectivity index (χ2n) is 10.5. The molecule has 4 heterocycles. The molecule has 2 aromatic carbocycles. The number of likely N-dealkylation sites (tertiary alicyclic amines) is 1. The van der Waals surface area contributed by atoms with Crippen molar-refractivity contribution >= 4 is 34.3 Å². The summed E-state index contributed by atoms with van der Waals surface area (Å²) in [6.45, 7) is 5.02. The van der Waals surface area contributed by atoms with E-state index in [0.717, 1.165) is 33.2 Å². The number of aliphatic hydroxyl groups excluding tert-OH is 1. The smallest absolute Gasteiger partial charge is 0.253 e. The van der Waals surface area contributed by atoms with Crippen LogP contribution in [0.25, 0.3) is 27.7 Å². The molecule has 1 aliphatic rings. The maximum Gasteiger partial charge on any atom is 0.253 e. The van der Waals surface area contributed by atoms with Crippen LogP contribution in [-0.4, -0.2) is 60.8 Å². The Morgan fingerprint density at radius 1 is 1.10 bits per heavy atom. The molecule has 0 bridgehead atoms. The lowest BCUT2D eigenvalue weighted by Crippen LogP contribution is -2.52. The Hall–Kier alpha value is -4.54. The van der Waals surface area contributed by atoms with Crippen LogP contribution in [0.5, 0.6) is 0 Å². The minimum absolute atomic E-state index is 0.0490. The lowest BCUT2D eigenvalue weighted by atomic mass is 10.0. The number of rotatable bonds is 7. The molecule has 1 saturated heterocycles. The van der Waals surface area contributed by atoms with Crippen molar-refractivity contribution in [1.82, 2.24) is 29.4 Å². The molecule has 1 aliphatic heterocycles. The van der Waals surface area contributed by atoms with E-state index in [2.05, 4.69) is 26.8 Å². The predicted octanol–water partition coefficient (Wildman–Crippen LogP) is 3.51. The summed E-state index contributed by atoms with van der Waals surface area (Å²) in [4.78, 5) is 32.1. The maximum absolute atomic E-state index is 13.4. The van der Waals surface area contributed by atoms with Gasteiger partial charge >= 0.3 is 0 Å². The van der Waals surface area contributed by atoms with Crippen molar-refractivity contribution in [2.75, 3.05) is 25.1 Å². The van der Waals surface area contributed by atoms with Crippen molar-refractivity contribution in [2.24, 2.45) is 13.0 Å². The van der Waals surface area contributed by atoms with Gasteiger partial charge in [-0.05, 0) is 54.8 Å². The van der Waals surface area contributed by atoms with Crippen molar-refractivity contribution in [2.45, 2.75) is 19.9 Å². The molecule has 0 unspecified atom stereocenters. The van der Waals surface area contributed by atoms with E-state index in [1.165, 1.54) is 0 Å². The second kappa shape index (κ2) is 10.2. The van der Waals surface area contributed by atoms with Crippen molar-refractivity contribution < 1.29 is 14.7 Å². The number of hydrogen-bond acceptors (Lipinski definition) is 6. The standard InChI is InChI=1S/C30H31N7O3/c1-18-5-4-6-20(11-18)19(2)31-29(40)25-16-35(3)26-8-7-21(12-24(25)26)22-9-10-37-27(13-22)32-30(34-37)33-28(39)23-14-36(15-23)17-38/h4-13,16,19,23,38H,14-15,17H2,1-3H3,(H,31,40)(H,33,34,39)/t19-/m0/s1. The Bertz CT molecular complexity index is 1750. The number of carbonyl (C=O) groups is 2. The maximum atomic E-state index is 13.4. The molecule has 5 aromatic rings. The fraction of sp³-hybridized carbons (Fsp3) is 0.267. The van der Waals surface area contributed by atoms with Crippen molar-refractivity contribution in [3.8, 4) is 11.1 Å². The highest BCUT2D eigenvalue weighted by molar-refractivity contribution is 6.08. The molecule has 204 valence electrons. The Morgan fingerprint density at radius 2 is 1.90 bits per heavy atom. The first kappa shape index (κ1) is 25.7. The van der Waals surface area contributed by atoms with Crippen LogP contribution in [0.15, 0.2) is 67.0 Å². The zero-order valence-electron chi connectivity index (χ0n) is 22.6. The molecule has 0 spiro atoms.